The van der Waals surface area contributed by atoms with Gasteiger partial charge in [0.05, 0.1) is 31.5 Å². The fraction of sp³-hybridized carbons (Fsp3) is 0.839. The number of aromatic nitrogens is 4. The van der Waals surface area contributed by atoms with Crippen molar-refractivity contribution in [2.75, 3.05) is 38.7 Å². The number of H-pyrrole nitrogens is 1. The normalized spacial score (nSPS) is 12.1. The van der Waals surface area contributed by atoms with Crippen molar-refractivity contribution >= 4 is 33.6 Å². The Hall–Kier alpha value is -2.98. The molecule has 0 saturated heterocycles. The third-order valence-electron chi connectivity index (χ3n) is 7.44. The van der Waals surface area contributed by atoms with E-state index in [1.807, 2.05) is 0 Å². The Morgan fingerprint density at radius 3 is 1.96 bits per heavy atom. The zero-order valence-corrected chi connectivity index (χ0v) is 28.8. The number of unbranched alkanes of at least 4 members (excludes halogenated alkanes) is 12. The molecule has 1 heterocycles. The van der Waals surface area contributed by atoms with Gasteiger partial charge in [0.25, 0.3) is 0 Å². The van der Waals surface area contributed by atoms with Crippen LogP contribution in [-0.2, 0) is 45.1 Å². The number of rotatable bonds is 32. The number of nitrogens with zero attached hydrogens (tertiary/aromatic N) is 3. The van der Waals surface area contributed by atoms with Crippen LogP contribution in [0.4, 0.5) is 0 Å². The van der Waals surface area contributed by atoms with Crippen LogP contribution in [0.25, 0.3) is 0 Å². The molecular formula is C31H56N6O9S. The first-order valence-electron chi connectivity index (χ1n) is 17.0. The second-order valence-corrected chi connectivity index (χ2v) is 13.7. The Labute approximate surface area is 279 Å². The number of carboxylic acid groups (broad SMARTS) is 1. The molecule has 15 nitrogen and oxygen atoms in total. The van der Waals surface area contributed by atoms with E-state index in [9.17, 15) is 27.6 Å². The molecule has 0 fully saturated rings. The van der Waals surface area contributed by atoms with Gasteiger partial charge in [0, 0.05) is 32.2 Å². The number of sulfonamides is 1. The fourth-order valence-electron chi connectivity index (χ4n) is 4.74. The standard InChI is InChI=1S/C31H56N6O9S/c1-26(31(41)42)24-27(38)25-46-22-21-45-20-19-32-29(39)18-15-23-47(43,44)35-30(40)17-14-12-10-8-6-4-2-3-5-7-9-11-13-16-28-33-36-37-34-28/h26H,2-25H2,1H3,(H,32,39)(H,35,40)(H,41,42)(H,33,34,36,37). The highest BCUT2D eigenvalue weighted by Gasteiger charge is 2.16. The summed E-state index contributed by atoms with van der Waals surface area (Å²) in [7, 11) is -3.79. The number of Topliss-reactive ketones (excluding diaryl/α,β-unsaturated/α-hetero) is 1. The van der Waals surface area contributed by atoms with Gasteiger partial charge in [0.2, 0.25) is 21.8 Å². The summed E-state index contributed by atoms with van der Waals surface area (Å²) < 4.78 is 36.9. The van der Waals surface area contributed by atoms with Crippen LogP contribution in [0, 0.1) is 5.92 Å². The van der Waals surface area contributed by atoms with Crippen LogP contribution < -0.4 is 10.0 Å². The monoisotopic (exact) mass is 688 g/mol. The third-order valence-corrected chi connectivity index (χ3v) is 8.80. The van der Waals surface area contributed by atoms with Crippen molar-refractivity contribution in [2.45, 2.75) is 122 Å². The Bertz CT molecular complexity index is 1100. The summed E-state index contributed by atoms with van der Waals surface area (Å²) in [6.45, 7) is 2.05. The first-order valence-corrected chi connectivity index (χ1v) is 18.7. The highest BCUT2D eigenvalue weighted by atomic mass is 32.2. The number of tetrazole rings is 1. The first kappa shape index (κ1) is 42.0. The van der Waals surface area contributed by atoms with Gasteiger partial charge in [-0.25, -0.2) is 8.42 Å². The quantitative estimate of drug-likeness (QED) is 0.0802. The van der Waals surface area contributed by atoms with E-state index >= 15 is 0 Å². The second-order valence-electron chi connectivity index (χ2n) is 11.9. The largest absolute Gasteiger partial charge is 0.481 e. The van der Waals surface area contributed by atoms with Crippen molar-refractivity contribution in [1.82, 2.24) is 30.7 Å². The summed E-state index contributed by atoms with van der Waals surface area (Å²) in [5, 5.41) is 25.4. The molecule has 0 aliphatic carbocycles. The Balaban J connectivity index is 1.88. The van der Waals surface area contributed by atoms with Crippen LogP contribution in [0.1, 0.15) is 122 Å². The SMILES string of the molecule is CC(CC(=O)COCCOCCNC(=O)CCCS(=O)(=O)NC(=O)CCCCCCCCCCCCCCCc1nn[nH]n1)C(=O)O. The van der Waals surface area contributed by atoms with Crippen molar-refractivity contribution in [2.24, 2.45) is 5.92 Å². The third kappa shape index (κ3) is 25.8. The first-order chi connectivity index (χ1) is 22.6. The molecule has 0 aliphatic rings. The molecule has 16 heteroatoms. The van der Waals surface area contributed by atoms with Gasteiger partial charge < -0.3 is 19.9 Å². The Morgan fingerprint density at radius 1 is 0.787 bits per heavy atom. The number of nitrogens with one attached hydrogen (secondary N) is 3. The van der Waals surface area contributed by atoms with Crippen molar-refractivity contribution < 1.29 is 42.2 Å². The number of aryl methyl sites for hydroxylation is 1. The van der Waals surface area contributed by atoms with E-state index in [2.05, 4.69) is 30.7 Å². The van der Waals surface area contributed by atoms with Crippen LogP contribution in [0.5, 0.6) is 0 Å². The van der Waals surface area contributed by atoms with Crippen LogP contribution >= 0.6 is 0 Å². The summed E-state index contributed by atoms with van der Waals surface area (Å²) in [6, 6.07) is 0. The van der Waals surface area contributed by atoms with Gasteiger partial charge in [0.1, 0.15) is 6.61 Å². The topological polar surface area (TPSA) is 220 Å². The van der Waals surface area contributed by atoms with Gasteiger partial charge in [-0.05, 0) is 19.3 Å². The molecule has 1 unspecified atom stereocenters. The van der Waals surface area contributed by atoms with E-state index in [0.717, 1.165) is 37.9 Å². The highest BCUT2D eigenvalue weighted by Crippen LogP contribution is 2.13. The lowest BCUT2D eigenvalue weighted by molar-refractivity contribution is -0.143. The van der Waals surface area contributed by atoms with Crippen LogP contribution in [-0.4, -0.2) is 96.4 Å². The average molecular weight is 689 g/mol. The molecule has 270 valence electrons. The molecule has 0 spiro atoms. The average Bonchev–Trinajstić information content (AvgIpc) is 3.53. The lowest BCUT2D eigenvalue weighted by atomic mass is 10.0. The minimum Gasteiger partial charge on any atom is -0.481 e. The van der Waals surface area contributed by atoms with Crippen molar-refractivity contribution in [3.05, 3.63) is 5.82 Å². The lowest BCUT2D eigenvalue weighted by Gasteiger charge is -2.09. The summed E-state index contributed by atoms with van der Waals surface area (Å²) in [5.41, 5.74) is 0. The molecule has 1 aromatic heterocycles. The molecule has 1 aromatic rings. The van der Waals surface area contributed by atoms with E-state index in [1.54, 1.807) is 0 Å². The molecular weight excluding hydrogens is 632 g/mol. The molecule has 1 rings (SSSR count). The summed E-state index contributed by atoms with van der Waals surface area (Å²) in [5.74, 6) is -2.45. The van der Waals surface area contributed by atoms with E-state index in [4.69, 9.17) is 14.6 Å². The van der Waals surface area contributed by atoms with E-state index in [-0.39, 0.29) is 76.1 Å². The number of carbonyl (C=O) groups is 4. The maximum Gasteiger partial charge on any atom is 0.306 e. The smallest absolute Gasteiger partial charge is 0.306 e. The number of hydrogen-bond acceptors (Lipinski definition) is 11. The van der Waals surface area contributed by atoms with Crippen LogP contribution in [0.15, 0.2) is 0 Å². The number of amides is 2. The highest BCUT2D eigenvalue weighted by molar-refractivity contribution is 7.90. The molecule has 0 radical (unpaired) electrons. The molecule has 0 bridgehead atoms. The summed E-state index contributed by atoms with van der Waals surface area (Å²) in [4.78, 5) is 46.3. The number of carboxylic acids is 1. The van der Waals surface area contributed by atoms with E-state index in [0.29, 0.717) is 6.42 Å². The maximum absolute atomic E-state index is 12.2. The van der Waals surface area contributed by atoms with Gasteiger partial charge in [-0.1, -0.05) is 82.8 Å². The molecule has 4 N–H and O–H groups in total. The van der Waals surface area contributed by atoms with Crippen molar-refractivity contribution in [3.63, 3.8) is 0 Å². The molecule has 2 amide bonds. The molecule has 1 atom stereocenters. The van der Waals surface area contributed by atoms with Crippen LogP contribution in [0.3, 0.4) is 0 Å². The number of hydrogen-bond donors (Lipinski definition) is 4. The minimum atomic E-state index is -3.79. The van der Waals surface area contributed by atoms with Gasteiger partial charge in [-0.2, -0.15) is 5.21 Å². The molecule has 0 aromatic carbocycles. The number of ketones is 1. The zero-order valence-electron chi connectivity index (χ0n) is 28.0. The lowest BCUT2D eigenvalue weighted by Crippen LogP contribution is -2.33. The van der Waals surface area contributed by atoms with Crippen molar-refractivity contribution in [3.8, 4) is 0 Å². The zero-order chi connectivity index (χ0) is 34.6. The fourth-order valence-corrected chi connectivity index (χ4v) is 5.82. The molecule has 0 saturated carbocycles. The van der Waals surface area contributed by atoms with Gasteiger partial charge in [0.15, 0.2) is 11.6 Å². The Morgan fingerprint density at radius 2 is 1.36 bits per heavy atom. The predicted octanol–water partition coefficient (Wildman–Crippen LogP) is 3.26. The van der Waals surface area contributed by atoms with E-state index < -0.39 is 27.8 Å². The number of aliphatic carboxylic acids is 1. The second kappa shape index (κ2) is 27.0. The van der Waals surface area contributed by atoms with Crippen LogP contribution in [0.2, 0.25) is 0 Å². The summed E-state index contributed by atoms with van der Waals surface area (Å²) in [6.07, 6.45) is 15.7. The molecule has 47 heavy (non-hydrogen) atoms. The van der Waals surface area contributed by atoms with Gasteiger partial charge >= 0.3 is 5.97 Å². The number of ether oxygens (including phenoxy) is 2. The maximum atomic E-state index is 12.2. The predicted molar refractivity (Wildman–Crippen MR) is 175 cm³/mol. The van der Waals surface area contributed by atoms with E-state index in [1.165, 1.54) is 58.3 Å². The minimum absolute atomic E-state index is 0.00134. The number of aromatic amines is 1. The molecule has 0 aliphatic heterocycles. The van der Waals surface area contributed by atoms with Crippen molar-refractivity contribution in [1.29, 1.82) is 0 Å². The Kier molecular flexibility index (Phi) is 24.2. The number of carbonyl (C=O) groups excluding carboxylic acids is 3. The summed E-state index contributed by atoms with van der Waals surface area (Å²) >= 11 is 0. The van der Waals surface area contributed by atoms with Gasteiger partial charge in [-0.15, -0.1) is 10.2 Å². The van der Waals surface area contributed by atoms with Gasteiger partial charge in [-0.3, -0.25) is 23.9 Å².